The number of benzene rings is 2. The van der Waals surface area contributed by atoms with E-state index in [9.17, 15) is 26.4 Å². The lowest BCUT2D eigenvalue weighted by molar-refractivity contribution is 0.102. The van der Waals surface area contributed by atoms with Crippen molar-refractivity contribution in [3.05, 3.63) is 53.3 Å². The third-order valence-corrected chi connectivity index (χ3v) is 9.70. The summed E-state index contributed by atoms with van der Waals surface area (Å²) in [4.78, 5) is 14.5. The first-order valence-corrected chi connectivity index (χ1v) is 12.7. The average molecular weight is 495 g/mol. The SMILES string of the molecule is CN(C)c1ccc(C(=O)Nc2cc(F)c(F)c(F)c2)cc1S(=O)(=O)C1C2CCC1CC1(CO1)C2. The van der Waals surface area contributed by atoms with Crippen LogP contribution in [0.1, 0.15) is 36.0 Å². The first-order valence-electron chi connectivity index (χ1n) is 11.2. The van der Waals surface area contributed by atoms with Crippen molar-refractivity contribution in [1.82, 2.24) is 0 Å². The van der Waals surface area contributed by atoms with Crippen molar-refractivity contribution in [2.75, 3.05) is 30.9 Å². The standard InChI is InChI=1S/C24H25F3N2O4S/c1-29(2)19-6-5-13(23(30)28-16-8-17(25)21(27)18(26)9-16)7-20(19)34(31,32)22-14-3-4-15(22)11-24(10-14)12-33-24/h5-9,14-15,22H,3-4,10-12H2,1-2H3,(H,28,30). The van der Waals surface area contributed by atoms with E-state index in [2.05, 4.69) is 5.32 Å². The van der Waals surface area contributed by atoms with Crippen LogP contribution in [0.2, 0.25) is 0 Å². The highest BCUT2D eigenvalue weighted by Crippen LogP contribution is 2.56. The molecule has 1 heterocycles. The van der Waals surface area contributed by atoms with Crippen LogP contribution in [-0.4, -0.2) is 45.9 Å². The lowest BCUT2D eigenvalue weighted by atomic mass is 9.81. The molecule has 3 fully saturated rings. The summed E-state index contributed by atoms with van der Waals surface area (Å²) in [5, 5.41) is 1.77. The fourth-order valence-corrected chi connectivity index (χ4v) is 8.30. The van der Waals surface area contributed by atoms with E-state index >= 15 is 0 Å². The number of rotatable bonds is 5. The number of nitrogens with zero attached hydrogens (tertiary/aromatic N) is 1. The zero-order valence-electron chi connectivity index (χ0n) is 18.8. The molecule has 2 unspecified atom stereocenters. The minimum Gasteiger partial charge on any atom is -0.377 e. The fourth-order valence-electron chi connectivity index (χ4n) is 5.69. The van der Waals surface area contributed by atoms with Gasteiger partial charge in [-0.2, -0.15) is 0 Å². The molecule has 2 aromatic rings. The largest absolute Gasteiger partial charge is 0.377 e. The third kappa shape index (κ3) is 3.86. The predicted octanol–water partition coefficient (Wildman–Crippen LogP) is 4.15. The summed E-state index contributed by atoms with van der Waals surface area (Å²) in [6.45, 7) is 0.690. The van der Waals surface area contributed by atoms with Gasteiger partial charge in [-0.05, 0) is 55.7 Å². The van der Waals surface area contributed by atoms with Gasteiger partial charge in [-0.25, -0.2) is 21.6 Å². The van der Waals surface area contributed by atoms with Gasteiger partial charge in [0.25, 0.3) is 5.91 Å². The highest BCUT2D eigenvalue weighted by Gasteiger charge is 2.60. The molecule has 10 heteroatoms. The quantitative estimate of drug-likeness (QED) is 0.499. The number of epoxide rings is 1. The molecule has 0 aromatic heterocycles. The Morgan fingerprint density at radius 2 is 1.65 bits per heavy atom. The number of carbonyl (C=O) groups excluding carboxylic acids is 1. The second kappa shape index (κ2) is 7.98. The molecule has 1 aliphatic heterocycles. The monoisotopic (exact) mass is 494 g/mol. The van der Waals surface area contributed by atoms with Crippen molar-refractivity contribution in [2.45, 2.75) is 41.4 Å². The Hall–Kier alpha value is -2.59. The number of hydrogen-bond acceptors (Lipinski definition) is 5. The molecule has 34 heavy (non-hydrogen) atoms. The lowest BCUT2D eigenvalue weighted by Gasteiger charge is -2.34. The normalized spacial score (nSPS) is 27.6. The van der Waals surface area contributed by atoms with Gasteiger partial charge in [-0.15, -0.1) is 0 Å². The summed E-state index contributed by atoms with van der Waals surface area (Å²) in [6.07, 6.45) is 3.12. The number of nitrogens with one attached hydrogen (secondary N) is 1. The molecule has 0 radical (unpaired) electrons. The molecule has 2 bridgehead atoms. The van der Waals surface area contributed by atoms with Crippen LogP contribution in [-0.2, 0) is 14.6 Å². The molecule has 3 aliphatic rings. The van der Waals surface area contributed by atoms with Crippen molar-refractivity contribution in [2.24, 2.45) is 11.8 Å². The Balaban J connectivity index is 1.48. The predicted molar refractivity (Wildman–Crippen MR) is 120 cm³/mol. The Morgan fingerprint density at radius 3 is 2.18 bits per heavy atom. The van der Waals surface area contributed by atoms with Crippen LogP contribution in [0, 0.1) is 29.3 Å². The van der Waals surface area contributed by atoms with Gasteiger partial charge in [0.05, 0.1) is 28.0 Å². The van der Waals surface area contributed by atoms with Gasteiger partial charge in [0.2, 0.25) is 0 Å². The Kier molecular flexibility index (Phi) is 5.44. The first-order chi connectivity index (χ1) is 16.0. The third-order valence-electron chi connectivity index (χ3n) is 7.27. The summed E-state index contributed by atoms with van der Waals surface area (Å²) < 4.78 is 73.8. The molecular weight excluding hydrogens is 469 g/mol. The molecule has 1 saturated heterocycles. The summed E-state index contributed by atoms with van der Waals surface area (Å²) in [5.74, 6) is -5.27. The molecular formula is C24H25F3N2O4S. The number of ether oxygens (including phenoxy) is 1. The maximum absolute atomic E-state index is 13.9. The number of amides is 1. The summed E-state index contributed by atoms with van der Waals surface area (Å²) >= 11 is 0. The van der Waals surface area contributed by atoms with E-state index in [1.54, 1.807) is 25.1 Å². The second-order valence-corrected chi connectivity index (χ2v) is 11.8. The highest BCUT2D eigenvalue weighted by atomic mass is 32.2. The second-order valence-electron chi connectivity index (χ2n) is 9.77. The van der Waals surface area contributed by atoms with Crippen molar-refractivity contribution < 1.29 is 31.1 Å². The minimum atomic E-state index is -3.79. The summed E-state index contributed by atoms with van der Waals surface area (Å²) in [5.41, 5.74) is 0.0451. The van der Waals surface area contributed by atoms with Crippen LogP contribution >= 0.6 is 0 Å². The van der Waals surface area contributed by atoms with Crippen LogP contribution in [0.25, 0.3) is 0 Å². The number of sulfone groups is 1. The smallest absolute Gasteiger partial charge is 0.255 e. The molecule has 1 spiro atoms. The topological polar surface area (TPSA) is 79.0 Å². The van der Waals surface area contributed by atoms with Crippen LogP contribution in [0.4, 0.5) is 24.5 Å². The first kappa shape index (κ1) is 23.2. The van der Waals surface area contributed by atoms with E-state index in [1.165, 1.54) is 12.1 Å². The number of halogens is 3. The van der Waals surface area contributed by atoms with Crippen molar-refractivity contribution in [3.8, 4) is 0 Å². The number of hydrogen-bond donors (Lipinski definition) is 1. The lowest BCUT2D eigenvalue weighted by Crippen LogP contribution is -2.41. The molecule has 2 aliphatic carbocycles. The van der Waals surface area contributed by atoms with E-state index in [0.717, 1.165) is 25.7 Å². The zero-order chi connectivity index (χ0) is 24.4. The molecule has 2 atom stereocenters. The van der Waals surface area contributed by atoms with Crippen LogP contribution in [0.3, 0.4) is 0 Å². The van der Waals surface area contributed by atoms with Crippen LogP contribution in [0.15, 0.2) is 35.2 Å². The van der Waals surface area contributed by atoms with Crippen LogP contribution < -0.4 is 10.2 Å². The molecule has 2 aromatic carbocycles. The van der Waals surface area contributed by atoms with Crippen molar-refractivity contribution in [3.63, 3.8) is 0 Å². The zero-order valence-corrected chi connectivity index (χ0v) is 19.6. The van der Waals surface area contributed by atoms with Crippen molar-refractivity contribution >= 4 is 27.1 Å². The molecule has 6 nitrogen and oxygen atoms in total. The van der Waals surface area contributed by atoms with Crippen LogP contribution in [0.5, 0.6) is 0 Å². The van der Waals surface area contributed by atoms with E-state index in [4.69, 9.17) is 4.74 Å². The van der Waals surface area contributed by atoms with E-state index in [0.29, 0.717) is 24.4 Å². The molecule has 5 rings (SSSR count). The van der Waals surface area contributed by atoms with Gasteiger partial charge in [0.15, 0.2) is 27.3 Å². The van der Waals surface area contributed by atoms with E-state index in [1.807, 2.05) is 0 Å². The Bertz CT molecular complexity index is 1240. The minimum absolute atomic E-state index is 0.00362. The van der Waals surface area contributed by atoms with Gasteiger partial charge in [-0.1, -0.05) is 0 Å². The Labute approximate surface area is 196 Å². The van der Waals surface area contributed by atoms with Gasteiger partial charge in [0.1, 0.15) is 0 Å². The summed E-state index contributed by atoms with van der Waals surface area (Å²) in [7, 11) is -0.345. The number of anilines is 2. The number of carbonyl (C=O) groups is 1. The highest BCUT2D eigenvalue weighted by molar-refractivity contribution is 7.92. The molecule has 182 valence electrons. The van der Waals surface area contributed by atoms with Gasteiger partial charge < -0.3 is 15.0 Å². The molecule has 1 amide bonds. The number of fused-ring (bicyclic) bond motifs is 2. The van der Waals surface area contributed by atoms with E-state index in [-0.39, 0.29) is 33.6 Å². The van der Waals surface area contributed by atoms with Gasteiger partial charge in [0, 0.05) is 37.5 Å². The fraction of sp³-hybridized carbons (Fsp3) is 0.458. The Morgan fingerprint density at radius 1 is 1.06 bits per heavy atom. The maximum Gasteiger partial charge on any atom is 0.255 e. The molecule has 1 N–H and O–H groups in total. The van der Waals surface area contributed by atoms with Gasteiger partial charge in [-0.3, -0.25) is 4.79 Å². The maximum atomic E-state index is 13.9. The molecule has 2 saturated carbocycles. The van der Waals surface area contributed by atoms with Gasteiger partial charge >= 0.3 is 0 Å². The van der Waals surface area contributed by atoms with Crippen molar-refractivity contribution in [1.29, 1.82) is 0 Å². The summed E-state index contributed by atoms with van der Waals surface area (Å²) in [6, 6.07) is 5.63. The van der Waals surface area contributed by atoms with E-state index < -0.39 is 38.4 Å². The average Bonchev–Trinajstić information content (AvgIpc) is 3.45.